The lowest BCUT2D eigenvalue weighted by Gasteiger charge is -2.27. The highest BCUT2D eigenvalue weighted by Gasteiger charge is 2.25. The van der Waals surface area contributed by atoms with Crippen molar-refractivity contribution in [2.24, 2.45) is 11.7 Å². The molecule has 1 atom stereocenters. The van der Waals surface area contributed by atoms with Crippen molar-refractivity contribution in [2.75, 3.05) is 19.6 Å². The summed E-state index contributed by atoms with van der Waals surface area (Å²) in [5.41, 5.74) is 7.50. The Labute approximate surface area is 102 Å². The molecule has 2 rings (SSSR count). The number of nitrogens with two attached hydrogens (primary N) is 1. The van der Waals surface area contributed by atoms with E-state index in [0.717, 1.165) is 43.5 Å². The maximum atomic E-state index is 14.5. The lowest BCUT2D eigenvalue weighted by molar-refractivity contribution is 0.189. The van der Waals surface area contributed by atoms with Gasteiger partial charge in [-0.3, -0.25) is 0 Å². The van der Waals surface area contributed by atoms with E-state index in [2.05, 4.69) is 5.32 Å². The fourth-order valence-electron chi connectivity index (χ4n) is 2.58. The van der Waals surface area contributed by atoms with Crippen LogP contribution in [-0.2, 0) is 6.42 Å². The van der Waals surface area contributed by atoms with Crippen LogP contribution in [0.15, 0.2) is 24.3 Å². The normalized spacial score (nSPS) is 19.2. The molecule has 94 valence electrons. The summed E-state index contributed by atoms with van der Waals surface area (Å²) < 4.78 is 14.5. The fraction of sp³-hybridized carbons (Fsp3) is 0.571. The van der Waals surface area contributed by atoms with Crippen LogP contribution < -0.4 is 11.1 Å². The summed E-state index contributed by atoms with van der Waals surface area (Å²) in [7, 11) is 0. The van der Waals surface area contributed by atoms with E-state index in [4.69, 9.17) is 5.73 Å². The quantitative estimate of drug-likeness (QED) is 0.841. The van der Waals surface area contributed by atoms with Gasteiger partial charge < -0.3 is 11.1 Å². The third-order valence-electron chi connectivity index (χ3n) is 3.56. The highest BCUT2D eigenvalue weighted by Crippen LogP contribution is 2.34. The van der Waals surface area contributed by atoms with Crippen LogP contribution in [0.2, 0.25) is 0 Å². The van der Waals surface area contributed by atoms with E-state index in [9.17, 15) is 4.39 Å². The zero-order valence-electron chi connectivity index (χ0n) is 10.2. The number of nitrogens with one attached hydrogen (secondary N) is 1. The highest BCUT2D eigenvalue weighted by atomic mass is 19.1. The Hall–Kier alpha value is -0.930. The maximum absolute atomic E-state index is 14.5. The monoisotopic (exact) mass is 236 g/mol. The largest absolute Gasteiger partial charge is 0.330 e. The minimum atomic E-state index is -0.833. The van der Waals surface area contributed by atoms with Gasteiger partial charge in [0, 0.05) is 0 Å². The fourth-order valence-corrected chi connectivity index (χ4v) is 2.58. The first-order valence-electron chi connectivity index (χ1n) is 6.45. The van der Waals surface area contributed by atoms with E-state index in [1.807, 2.05) is 24.3 Å². The molecule has 3 N–H and O–H groups in total. The molecule has 1 fully saturated rings. The van der Waals surface area contributed by atoms with Crippen LogP contribution in [0, 0.1) is 5.92 Å². The van der Waals surface area contributed by atoms with Crippen molar-refractivity contribution in [1.29, 1.82) is 0 Å². The van der Waals surface area contributed by atoms with E-state index < -0.39 is 6.17 Å². The molecule has 0 aliphatic carbocycles. The number of halogens is 1. The molecule has 1 aromatic rings. The van der Waals surface area contributed by atoms with E-state index in [0.29, 0.717) is 6.54 Å². The van der Waals surface area contributed by atoms with Gasteiger partial charge in [0.1, 0.15) is 6.17 Å². The van der Waals surface area contributed by atoms with Crippen molar-refractivity contribution in [3.05, 3.63) is 35.4 Å². The number of hydrogen-bond donors (Lipinski definition) is 2. The van der Waals surface area contributed by atoms with E-state index in [1.165, 1.54) is 0 Å². The predicted molar refractivity (Wildman–Crippen MR) is 68.6 cm³/mol. The average molecular weight is 236 g/mol. The summed E-state index contributed by atoms with van der Waals surface area (Å²) in [6, 6.07) is 7.79. The zero-order chi connectivity index (χ0) is 12.1. The second-order valence-corrected chi connectivity index (χ2v) is 4.73. The molecule has 1 saturated heterocycles. The van der Waals surface area contributed by atoms with Gasteiger partial charge in [-0.1, -0.05) is 24.3 Å². The molecule has 1 aliphatic rings. The molecular formula is C14H21FN2. The van der Waals surface area contributed by atoms with Gasteiger partial charge in [-0.15, -0.1) is 0 Å². The molecule has 1 heterocycles. The van der Waals surface area contributed by atoms with Crippen LogP contribution >= 0.6 is 0 Å². The van der Waals surface area contributed by atoms with E-state index in [1.54, 1.807) is 0 Å². The summed E-state index contributed by atoms with van der Waals surface area (Å²) in [5.74, 6) is 0.162. The van der Waals surface area contributed by atoms with Crippen molar-refractivity contribution in [1.82, 2.24) is 5.32 Å². The smallest absolute Gasteiger partial charge is 0.128 e. The summed E-state index contributed by atoms with van der Waals surface area (Å²) in [4.78, 5) is 0. The first kappa shape index (κ1) is 12.5. The standard InChI is InChI=1S/C14H21FN2/c15-14(12-6-9-17-10-7-12)13-4-2-1-3-11(13)5-8-16/h1-4,12,14,17H,5-10,16H2. The Kier molecular flexibility index (Phi) is 4.51. The second-order valence-electron chi connectivity index (χ2n) is 4.73. The lowest BCUT2D eigenvalue weighted by atomic mass is 9.86. The number of rotatable bonds is 4. The summed E-state index contributed by atoms with van der Waals surface area (Å²) >= 11 is 0. The molecule has 1 unspecified atom stereocenters. The molecule has 1 aromatic carbocycles. The average Bonchev–Trinajstić information content (AvgIpc) is 2.40. The van der Waals surface area contributed by atoms with Crippen molar-refractivity contribution < 1.29 is 4.39 Å². The molecule has 2 nitrogen and oxygen atoms in total. The Balaban J connectivity index is 2.14. The van der Waals surface area contributed by atoms with Crippen LogP contribution in [0.25, 0.3) is 0 Å². The van der Waals surface area contributed by atoms with E-state index >= 15 is 0 Å². The predicted octanol–water partition coefficient (Wildman–Crippen LogP) is 2.20. The van der Waals surface area contributed by atoms with Gasteiger partial charge in [-0.2, -0.15) is 0 Å². The molecular weight excluding hydrogens is 215 g/mol. The Bertz CT molecular complexity index is 348. The molecule has 17 heavy (non-hydrogen) atoms. The number of benzene rings is 1. The van der Waals surface area contributed by atoms with E-state index in [-0.39, 0.29) is 5.92 Å². The van der Waals surface area contributed by atoms with Crippen molar-refractivity contribution in [2.45, 2.75) is 25.4 Å². The Morgan fingerprint density at radius 2 is 2.00 bits per heavy atom. The van der Waals surface area contributed by atoms with Gasteiger partial charge >= 0.3 is 0 Å². The third kappa shape index (κ3) is 3.05. The van der Waals surface area contributed by atoms with Crippen molar-refractivity contribution >= 4 is 0 Å². The molecule has 0 saturated carbocycles. The first-order valence-corrected chi connectivity index (χ1v) is 6.45. The topological polar surface area (TPSA) is 38.0 Å². The minimum Gasteiger partial charge on any atom is -0.330 e. The molecule has 0 amide bonds. The molecule has 0 radical (unpaired) electrons. The maximum Gasteiger partial charge on any atom is 0.128 e. The van der Waals surface area contributed by atoms with Crippen molar-refractivity contribution in [3.8, 4) is 0 Å². The zero-order valence-corrected chi connectivity index (χ0v) is 10.2. The van der Waals surface area contributed by atoms with Gasteiger partial charge in [0.15, 0.2) is 0 Å². The van der Waals surface area contributed by atoms with Gasteiger partial charge in [0.2, 0.25) is 0 Å². The SMILES string of the molecule is NCCc1ccccc1C(F)C1CCNCC1. The Morgan fingerprint density at radius 1 is 1.29 bits per heavy atom. The summed E-state index contributed by atoms with van der Waals surface area (Å²) in [5, 5.41) is 3.27. The molecule has 1 aliphatic heterocycles. The second kappa shape index (κ2) is 6.12. The van der Waals surface area contributed by atoms with Crippen LogP contribution in [0.4, 0.5) is 4.39 Å². The van der Waals surface area contributed by atoms with Crippen molar-refractivity contribution in [3.63, 3.8) is 0 Å². The molecule has 3 heteroatoms. The lowest BCUT2D eigenvalue weighted by Crippen LogP contribution is -2.30. The van der Waals surface area contributed by atoms with Crippen LogP contribution in [-0.4, -0.2) is 19.6 Å². The van der Waals surface area contributed by atoms with Gasteiger partial charge in [0.25, 0.3) is 0 Å². The highest BCUT2D eigenvalue weighted by molar-refractivity contribution is 5.30. The number of hydrogen-bond acceptors (Lipinski definition) is 2. The minimum absolute atomic E-state index is 0.162. The van der Waals surface area contributed by atoms with Gasteiger partial charge in [-0.05, 0) is 55.9 Å². The van der Waals surface area contributed by atoms with Gasteiger partial charge in [0.05, 0.1) is 0 Å². The van der Waals surface area contributed by atoms with Crippen LogP contribution in [0.5, 0.6) is 0 Å². The van der Waals surface area contributed by atoms with Crippen LogP contribution in [0.3, 0.4) is 0 Å². The first-order chi connectivity index (χ1) is 8.33. The molecule has 0 bridgehead atoms. The molecule has 0 aromatic heterocycles. The molecule has 0 spiro atoms. The third-order valence-corrected chi connectivity index (χ3v) is 3.56. The number of alkyl halides is 1. The van der Waals surface area contributed by atoms with Crippen LogP contribution in [0.1, 0.15) is 30.1 Å². The summed E-state index contributed by atoms with van der Waals surface area (Å²) in [6.07, 6.45) is 1.79. The summed E-state index contributed by atoms with van der Waals surface area (Å²) in [6.45, 7) is 2.45. The Morgan fingerprint density at radius 3 is 2.71 bits per heavy atom. The van der Waals surface area contributed by atoms with Gasteiger partial charge in [-0.25, -0.2) is 4.39 Å². The number of piperidine rings is 1.